The summed E-state index contributed by atoms with van der Waals surface area (Å²) in [6.45, 7) is 3.79. The fourth-order valence-electron chi connectivity index (χ4n) is 1.82. The highest BCUT2D eigenvalue weighted by molar-refractivity contribution is 8.00. The van der Waals surface area contributed by atoms with Crippen molar-refractivity contribution in [3.63, 3.8) is 0 Å². The number of nitrogen functional groups attached to an aromatic ring is 1. The Kier molecular flexibility index (Phi) is 6.15. The number of thioether (sulfide) groups is 1. The average molecular weight is 374 g/mol. The van der Waals surface area contributed by atoms with Gasteiger partial charge in [0.05, 0.1) is 16.0 Å². The predicted molar refractivity (Wildman–Crippen MR) is 94.6 cm³/mol. The van der Waals surface area contributed by atoms with Gasteiger partial charge in [-0.05, 0) is 31.5 Å². The van der Waals surface area contributed by atoms with Crippen molar-refractivity contribution in [2.24, 2.45) is 0 Å². The maximum atomic E-state index is 12.3. The van der Waals surface area contributed by atoms with Gasteiger partial charge in [0.25, 0.3) is 0 Å². The number of anilines is 1. The van der Waals surface area contributed by atoms with Crippen LogP contribution >= 0.6 is 35.0 Å². The normalized spacial score (nSPS) is 12.2. The molecule has 23 heavy (non-hydrogen) atoms. The summed E-state index contributed by atoms with van der Waals surface area (Å²) in [4.78, 5) is 12.3. The third-order valence-corrected chi connectivity index (χ3v) is 4.67. The molecule has 1 aromatic carbocycles. The number of rotatable bonds is 6. The lowest BCUT2D eigenvalue weighted by Crippen LogP contribution is -2.24. The molecule has 1 aromatic heterocycles. The van der Waals surface area contributed by atoms with E-state index in [4.69, 9.17) is 29.0 Å². The van der Waals surface area contributed by atoms with Crippen LogP contribution in [0.3, 0.4) is 0 Å². The SMILES string of the molecule is CCCc1nnc(S[C@H](C)C(=O)Nc2cc(Cl)ccc2Cl)n1N. The minimum atomic E-state index is -0.425. The summed E-state index contributed by atoms with van der Waals surface area (Å²) in [5.41, 5.74) is 0.470. The molecule has 0 aliphatic heterocycles. The van der Waals surface area contributed by atoms with Gasteiger partial charge in [0.15, 0.2) is 5.82 Å². The molecule has 0 aliphatic rings. The van der Waals surface area contributed by atoms with Crippen molar-refractivity contribution in [2.75, 3.05) is 11.2 Å². The van der Waals surface area contributed by atoms with Crippen LogP contribution in [-0.2, 0) is 11.2 Å². The number of nitrogens with one attached hydrogen (secondary N) is 1. The van der Waals surface area contributed by atoms with Gasteiger partial charge in [-0.3, -0.25) is 4.79 Å². The zero-order valence-electron chi connectivity index (χ0n) is 12.7. The molecule has 1 amide bonds. The summed E-state index contributed by atoms with van der Waals surface area (Å²) >= 11 is 13.2. The molecule has 0 fully saturated rings. The van der Waals surface area contributed by atoms with Gasteiger partial charge < -0.3 is 11.2 Å². The number of nitrogens with zero attached hydrogens (tertiary/aromatic N) is 3. The van der Waals surface area contributed by atoms with E-state index in [0.29, 0.717) is 26.7 Å². The molecular formula is C14H17Cl2N5OS. The van der Waals surface area contributed by atoms with Gasteiger partial charge >= 0.3 is 0 Å². The number of hydrogen-bond acceptors (Lipinski definition) is 5. The number of aromatic nitrogens is 3. The molecule has 0 radical (unpaired) electrons. The zero-order valence-corrected chi connectivity index (χ0v) is 15.0. The highest BCUT2D eigenvalue weighted by Crippen LogP contribution is 2.27. The van der Waals surface area contributed by atoms with Crippen LogP contribution in [0.25, 0.3) is 0 Å². The number of halogens is 2. The Hall–Kier alpha value is -1.44. The Morgan fingerprint density at radius 3 is 2.87 bits per heavy atom. The molecule has 0 aliphatic carbocycles. The molecule has 0 spiro atoms. The third kappa shape index (κ3) is 4.53. The van der Waals surface area contributed by atoms with Crippen LogP contribution in [0, 0.1) is 0 Å². The summed E-state index contributed by atoms with van der Waals surface area (Å²) in [5, 5.41) is 11.8. The van der Waals surface area contributed by atoms with E-state index in [2.05, 4.69) is 15.5 Å². The van der Waals surface area contributed by atoms with Crippen LogP contribution in [0.5, 0.6) is 0 Å². The highest BCUT2D eigenvalue weighted by Gasteiger charge is 2.20. The average Bonchev–Trinajstić information content (AvgIpc) is 2.84. The lowest BCUT2D eigenvalue weighted by atomic mass is 10.3. The van der Waals surface area contributed by atoms with Crippen LogP contribution in [0.2, 0.25) is 10.0 Å². The number of carbonyl (C=O) groups excluding carboxylic acids is 1. The summed E-state index contributed by atoms with van der Waals surface area (Å²) in [7, 11) is 0. The molecular weight excluding hydrogens is 357 g/mol. The first-order valence-electron chi connectivity index (χ1n) is 7.04. The first-order chi connectivity index (χ1) is 10.9. The molecule has 124 valence electrons. The molecule has 2 rings (SSSR count). The first-order valence-corrected chi connectivity index (χ1v) is 8.67. The van der Waals surface area contributed by atoms with Crippen LogP contribution in [-0.4, -0.2) is 26.0 Å². The van der Waals surface area contributed by atoms with E-state index in [1.165, 1.54) is 16.4 Å². The molecule has 6 nitrogen and oxygen atoms in total. The first kappa shape index (κ1) is 17.9. The van der Waals surface area contributed by atoms with Gasteiger partial charge in [-0.1, -0.05) is 41.9 Å². The van der Waals surface area contributed by atoms with Gasteiger partial charge in [0, 0.05) is 11.4 Å². The van der Waals surface area contributed by atoms with E-state index >= 15 is 0 Å². The van der Waals surface area contributed by atoms with Crippen molar-refractivity contribution >= 4 is 46.6 Å². The van der Waals surface area contributed by atoms with Gasteiger partial charge in [-0.2, -0.15) is 0 Å². The largest absolute Gasteiger partial charge is 0.336 e. The van der Waals surface area contributed by atoms with Crippen molar-refractivity contribution in [1.29, 1.82) is 0 Å². The van der Waals surface area contributed by atoms with E-state index in [1.54, 1.807) is 25.1 Å². The molecule has 3 N–H and O–H groups in total. The lowest BCUT2D eigenvalue weighted by molar-refractivity contribution is -0.115. The minimum absolute atomic E-state index is 0.223. The Morgan fingerprint density at radius 1 is 1.43 bits per heavy atom. The lowest BCUT2D eigenvalue weighted by Gasteiger charge is -2.12. The van der Waals surface area contributed by atoms with Crippen LogP contribution in [0.1, 0.15) is 26.1 Å². The van der Waals surface area contributed by atoms with Gasteiger partial charge in [0.2, 0.25) is 11.1 Å². The molecule has 0 saturated carbocycles. The van der Waals surface area contributed by atoms with E-state index in [0.717, 1.165) is 12.8 Å². The molecule has 0 saturated heterocycles. The second kappa shape index (κ2) is 7.90. The fourth-order valence-corrected chi connectivity index (χ4v) is 2.95. The fraction of sp³-hybridized carbons (Fsp3) is 0.357. The Morgan fingerprint density at radius 2 is 2.17 bits per heavy atom. The van der Waals surface area contributed by atoms with Crippen molar-refractivity contribution in [3.8, 4) is 0 Å². The summed E-state index contributed by atoms with van der Waals surface area (Å²) < 4.78 is 1.42. The van der Waals surface area contributed by atoms with Crippen molar-refractivity contribution < 1.29 is 4.79 Å². The number of nitrogens with two attached hydrogens (primary N) is 1. The van der Waals surface area contributed by atoms with E-state index in [-0.39, 0.29) is 5.91 Å². The molecule has 2 aromatic rings. The smallest absolute Gasteiger partial charge is 0.237 e. The molecule has 1 heterocycles. The number of amides is 1. The van der Waals surface area contributed by atoms with Crippen molar-refractivity contribution in [3.05, 3.63) is 34.1 Å². The van der Waals surface area contributed by atoms with E-state index in [9.17, 15) is 4.79 Å². The standard InChI is InChI=1S/C14H17Cl2N5OS/c1-3-4-12-19-20-14(21(12)17)23-8(2)13(22)18-11-7-9(15)5-6-10(11)16/h5-8H,3-4,17H2,1-2H3,(H,18,22)/t8-/m1/s1. The van der Waals surface area contributed by atoms with Crippen molar-refractivity contribution in [1.82, 2.24) is 14.9 Å². The van der Waals surface area contributed by atoms with Crippen LogP contribution in [0.15, 0.2) is 23.4 Å². The number of hydrogen-bond donors (Lipinski definition) is 2. The zero-order chi connectivity index (χ0) is 17.0. The van der Waals surface area contributed by atoms with Crippen LogP contribution in [0.4, 0.5) is 5.69 Å². The van der Waals surface area contributed by atoms with E-state index in [1.807, 2.05) is 6.92 Å². The summed E-state index contributed by atoms with van der Waals surface area (Å²) in [5.74, 6) is 6.41. The topological polar surface area (TPSA) is 85.8 Å². The van der Waals surface area contributed by atoms with Gasteiger partial charge in [0.1, 0.15) is 0 Å². The molecule has 0 unspecified atom stereocenters. The van der Waals surface area contributed by atoms with Crippen LogP contribution < -0.4 is 11.2 Å². The number of carbonyl (C=O) groups is 1. The second-order valence-electron chi connectivity index (χ2n) is 4.89. The number of benzene rings is 1. The number of aryl methyl sites for hydroxylation is 1. The maximum Gasteiger partial charge on any atom is 0.237 e. The Bertz CT molecular complexity index is 706. The molecule has 0 bridgehead atoms. The van der Waals surface area contributed by atoms with Gasteiger partial charge in [-0.15, -0.1) is 10.2 Å². The quantitative estimate of drug-likeness (QED) is 0.598. The monoisotopic (exact) mass is 373 g/mol. The predicted octanol–water partition coefficient (Wildman–Crippen LogP) is 3.37. The summed E-state index contributed by atoms with van der Waals surface area (Å²) in [6.07, 6.45) is 1.66. The maximum absolute atomic E-state index is 12.3. The highest BCUT2D eigenvalue weighted by atomic mass is 35.5. The minimum Gasteiger partial charge on any atom is -0.336 e. The molecule has 9 heteroatoms. The Balaban J connectivity index is 2.04. The van der Waals surface area contributed by atoms with Crippen molar-refractivity contribution in [2.45, 2.75) is 37.1 Å². The molecule has 1 atom stereocenters. The van der Waals surface area contributed by atoms with E-state index < -0.39 is 5.25 Å². The second-order valence-corrected chi connectivity index (χ2v) is 7.04. The van der Waals surface area contributed by atoms with Gasteiger partial charge in [-0.25, -0.2) is 4.68 Å². The Labute approximate surface area is 148 Å². The third-order valence-electron chi connectivity index (χ3n) is 3.05. The summed E-state index contributed by atoms with van der Waals surface area (Å²) in [6, 6.07) is 4.89.